The largest absolute Gasteiger partial charge is 0.462 e. The normalized spacial score (nSPS) is 15.0. The molecule has 1 aliphatic rings. The Kier molecular flexibility index (Phi) is 4.36. The first-order valence-corrected chi connectivity index (χ1v) is 9.18. The first kappa shape index (κ1) is 15.4. The number of anilines is 1. The summed E-state index contributed by atoms with van der Waals surface area (Å²) in [6.45, 7) is 2.93. The number of nitrogens with one attached hydrogen (secondary N) is 1. The van der Waals surface area contributed by atoms with Gasteiger partial charge in [-0.3, -0.25) is 0 Å². The Hall–Kier alpha value is -2.11. The third-order valence-electron chi connectivity index (χ3n) is 4.39. The maximum atomic E-state index is 5.40. The van der Waals surface area contributed by atoms with Gasteiger partial charge in [0.25, 0.3) is 0 Å². The number of thiazole rings is 1. The lowest BCUT2D eigenvalue weighted by molar-refractivity contribution is 0.332. The van der Waals surface area contributed by atoms with Gasteiger partial charge < -0.3 is 14.6 Å². The van der Waals surface area contributed by atoms with Gasteiger partial charge in [0, 0.05) is 17.6 Å². The van der Waals surface area contributed by atoms with Crippen LogP contribution in [-0.4, -0.2) is 23.5 Å². The van der Waals surface area contributed by atoms with Crippen molar-refractivity contribution >= 4 is 17.0 Å². The summed E-state index contributed by atoms with van der Waals surface area (Å²) in [5.41, 5.74) is 5.13. The summed E-state index contributed by atoms with van der Waals surface area (Å²) in [5, 5.41) is 6.52. The number of hydrogen-bond acceptors (Lipinski definition) is 5. The lowest BCUT2D eigenvalue weighted by Gasteiger charge is -2.14. The Morgan fingerprint density at radius 3 is 3.12 bits per heavy atom. The van der Waals surface area contributed by atoms with Gasteiger partial charge in [-0.1, -0.05) is 6.07 Å². The van der Waals surface area contributed by atoms with Gasteiger partial charge in [-0.2, -0.15) is 0 Å². The van der Waals surface area contributed by atoms with Crippen LogP contribution in [-0.2, 0) is 19.5 Å². The number of aromatic nitrogens is 1. The number of fused-ring (bicyclic) bond motifs is 1. The molecule has 1 aromatic carbocycles. The molecule has 0 unspecified atom stereocenters. The number of nitrogens with zero attached hydrogens (tertiary/aromatic N) is 2. The molecule has 2 aromatic heterocycles. The van der Waals surface area contributed by atoms with E-state index in [9.17, 15) is 0 Å². The van der Waals surface area contributed by atoms with E-state index < -0.39 is 0 Å². The molecule has 0 radical (unpaired) electrons. The van der Waals surface area contributed by atoms with E-state index in [1.165, 1.54) is 30.5 Å². The third kappa shape index (κ3) is 3.37. The lowest BCUT2D eigenvalue weighted by Crippen LogP contribution is -2.17. The molecule has 0 aliphatic carbocycles. The number of rotatable bonds is 4. The summed E-state index contributed by atoms with van der Waals surface area (Å²) in [6, 6.07) is 10.6. The van der Waals surface area contributed by atoms with Crippen LogP contribution in [0.2, 0.25) is 0 Å². The van der Waals surface area contributed by atoms with Crippen molar-refractivity contribution in [3.8, 4) is 10.8 Å². The standard InChI is InChI=1S/C19H21N3OS/c1-22-8-2-4-14-6-7-16(10-15(14)12-22)20-11-17-13-24-19(21-17)18-5-3-9-23-18/h3,5-7,9-10,13,20H,2,4,8,11-12H2,1H3. The van der Waals surface area contributed by atoms with Crippen LogP contribution in [0.4, 0.5) is 5.69 Å². The molecule has 0 atom stereocenters. The highest BCUT2D eigenvalue weighted by Crippen LogP contribution is 2.25. The molecule has 124 valence electrons. The van der Waals surface area contributed by atoms with Gasteiger partial charge in [-0.05, 0) is 61.8 Å². The van der Waals surface area contributed by atoms with Crippen molar-refractivity contribution in [1.29, 1.82) is 0 Å². The highest BCUT2D eigenvalue weighted by Gasteiger charge is 2.12. The second-order valence-corrected chi connectivity index (χ2v) is 7.16. The molecule has 0 spiro atoms. The molecule has 4 rings (SSSR count). The van der Waals surface area contributed by atoms with E-state index in [0.29, 0.717) is 0 Å². The zero-order chi connectivity index (χ0) is 16.4. The SMILES string of the molecule is CN1CCCc2ccc(NCc3csc(-c4ccco4)n3)cc2C1. The summed E-state index contributed by atoms with van der Waals surface area (Å²) in [6.07, 6.45) is 4.10. The van der Waals surface area contributed by atoms with Crippen molar-refractivity contribution in [3.05, 3.63) is 58.8 Å². The zero-order valence-corrected chi connectivity index (χ0v) is 14.6. The van der Waals surface area contributed by atoms with Crippen LogP contribution in [0.1, 0.15) is 23.2 Å². The fraction of sp³-hybridized carbons (Fsp3) is 0.316. The van der Waals surface area contributed by atoms with E-state index in [4.69, 9.17) is 4.42 Å². The van der Waals surface area contributed by atoms with Crippen molar-refractivity contribution in [2.24, 2.45) is 0 Å². The maximum Gasteiger partial charge on any atom is 0.162 e. The Bertz CT molecular complexity index is 810. The van der Waals surface area contributed by atoms with Gasteiger partial charge in [-0.25, -0.2) is 4.98 Å². The van der Waals surface area contributed by atoms with Crippen molar-refractivity contribution in [2.75, 3.05) is 18.9 Å². The Labute approximate surface area is 146 Å². The van der Waals surface area contributed by atoms with E-state index in [0.717, 1.165) is 35.2 Å². The maximum absolute atomic E-state index is 5.40. The van der Waals surface area contributed by atoms with E-state index in [1.807, 2.05) is 12.1 Å². The fourth-order valence-corrected chi connectivity index (χ4v) is 3.92. The topological polar surface area (TPSA) is 41.3 Å². The van der Waals surface area contributed by atoms with Gasteiger partial charge in [0.05, 0.1) is 18.5 Å². The fourth-order valence-electron chi connectivity index (χ4n) is 3.13. The summed E-state index contributed by atoms with van der Waals surface area (Å²) in [5.74, 6) is 0.833. The minimum absolute atomic E-state index is 0.728. The summed E-state index contributed by atoms with van der Waals surface area (Å²) < 4.78 is 5.40. The van der Waals surface area contributed by atoms with Gasteiger partial charge in [0.15, 0.2) is 10.8 Å². The molecule has 0 saturated heterocycles. The molecule has 1 aliphatic heterocycles. The van der Waals surface area contributed by atoms with Crippen LogP contribution < -0.4 is 5.32 Å². The summed E-state index contributed by atoms with van der Waals surface area (Å²) in [7, 11) is 2.20. The third-order valence-corrected chi connectivity index (χ3v) is 5.30. The molecule has 3 heterocycles. The van der Waals surface area contributed by atoms with Crippen LogP contribution in [0, 0.1) is 0 Å². The average Bonchev–Trinajstić information content (AvgIpc) is 3.22. The van der Waals surface area contributed by atoms with Crippen LogP contribution in [0.3, 0.4) is 0 Å². The minimum atomic E-state index is 0.728. The number of aryl methyl sites for hydroxylation is 1. The minimum Gasteiger partial charge on any atom is -0.462 e. The van der Waals surface area contributed by atoms with Gasteiger partial charge in [-0.15, -0.1) is 11.3 Å². The van der Waals surface area contributed by atoms with Crippen molar-refractivity contribution < 1.29 is 4.42 Å². The Morgan fingerprint density at radius 2 is 2.25 bits per heavy atom. The smallest absolute Gasteiger partial charge is 0.162 e. The van der Waals surface area contributed by atoms with E-state index >= 15 is 0 Å². The van der Waals surface area contributed by atoms with Crippen LogP contribution >= 0.6 is 11.3 Å². The monoisotopic (exact) mass is 339 g/mol. The zero-order valence-electron chi connectivity index (χ0n) is 13.8. The molecular weight excluding hydrogens is 318 g/mol. The Morgan fingerprint density at radius 1 is 1.29 bits per heavy atom. The van der Waals surface area contributed by atoms with E-state index in [1.54, 1.807) is 17.6 Å². The van der Waals surface area contributed by atoms with Gasteiger partial charge in [0.1, 0.15) is 0 Å². The molecule has 5 heteroatoms. The molecule has 3 aromatic rings. The highest BCUT2D eigenvalue weighted by atomic mass is 32.1. The lowest BCUT2D eigenvalue weighted by atomic mass is 10.0. The predicted octanol–water partition coefficient (Wildman–Crippen LogP) is 4.39. The van der Waals surface area contributed by atoms with E-state index in [2.05, 4.69) is 45.8 Å². The second-order valence-electron chi connectivity index (χ2n) is 6.30. The number of furan rings is 1. The summed E-state index contributed by atoms with van der Waals surface area (Å²) >= 11 is 1.62. The molecule has 4 nitrogen and oxygen atoms in total. The number of hydrogen-bond donors (Lipinski definition) is 1. The Balaban J connectivity index is 1.44. The molecular formula is C19H21N3OS. The molecule has 0 bridgehead atoms. The van der Waals surface area contributed by atoms with E-state index in [-0.39, 0.29) is 0 Å². The first-order valence-electron chi connectivity index (χ1n) is 8.30. The molecule has 24 heavy (non-hydrogen) atoms. The van der Waals surface area contributed by atoms with Crippen molar-refractivity contribution in [2.45, 2.75) is 25.9 Å². The number of benzene rings is 1. The van der Waals surface area contributed by atoms with Gasteiger partial charge in [0.2, 0.25) is 0 Å². The van der Waals surface area contributed by atoms with Crippen LogP contribution in [0.5, 0.6) is 0 Å². The molecule has 1 N–H and O–H groups in total. The van der Waals surface area contributed by atoms with Crippen LogP contribution in [0.15, 0.2) is 46.4 Å². The second kappa shape index (κ2) is 6.79. The average molecular weight is 339 g/mol. The molecule has 0 fully saturated rings. The molecule has 0 amide bonds. The quantitative estimate of drug-likeness (QED) is 0.765. The van der Waals surface area contributed by atoms with Crippen molar-refractivity contribution in [1.82, 2.24) is 9.88 Å². The van der Waals surface area contributed by atoms with Gasteiger partial charge >= 0.3 is 0 Å². The molecule has 0 saturated carbocycles. The first-order chi connectivity index (χ1) is 11.8. The summed E-state index contributed by atoms with van der Waals surface area (Å²) in [4.78, 5) is 7.03. The van der Waals surface area contributed by atoms with Crippen LogP contribution in [0.25, 0.3) is 10.8 Å². The van der Waals surface area contributed by atoms with Crippen molar-refractivity contribution in [3.63, 3.8) is 0 Å². The predicted molar refractivity (Wildman–Crippen MR) is 98.2 cm³/mol. The highest BCUT2D eigenvalue weighted by molar-refractivity contribution is 7.13.